The minimum atomic E-state index is -0.698. The van der Waals surface area contributed by atoms with Crippen LogP contribution in [-0.2, 0) is 4.79 Å². The second kappa shape index (κ2) is 11.7. The molecule has 1 N–H and O–H groups in total. The van der Waals surface area contributed by atoms with Crippen molar-refractivity contribution in [3.63, 3.8) is 0 Å². The second-order valence-corrected chi connectivity index (χ2v) is 7.72. The van der Waals surface area contributed by atoms with Gasteiger partial charge in [0.05, 0.1) is 5.92 Å². The minimum absolute atomic E-state index is 0. The number of carbonyl (C=O) groups is 1. The molecule has 5 nitrogen and oxygen atoms in total. The summed E-state index contributed by atoms with van der Waals surface area (Å²) in [4.78, 5) is 17.4. The van der Waals surface area contributed by atoms with E-state index in [0.29, 0.717) is 26.2 Å². The average Bonchev–Trinajstić information content (AvgIpc) is 2.85. The summed E-state index contributed by atoms with van der Waals surface area (Å²) in [6, 6.07) is 29.3. The number of piperazine rings is 1. The molecule has 1 fully saturated rings. The van der Waals surface area contributed by atoms with Crippen LogP contribution in [0.2, 0.25) is 0 Å². The summed E-state index contributed by atoms with van der Waals surface area (Å²) in [6.07, 6.45) is -0.698. The summed E-state index contributed by atoms with van der Waals surface area (Å²) >= 11 is 0. The molecule has 6 heteroatoms. The van der Waals surface area contributed by atoms with E-state index in [2.05, 4.69) is 0 Å². The molecule has 1 amide bonds. The molecule has 4 rings (SSSR count). The first-order valence-electron chi connectivity index (χ1n) is 10.7. The molecule has 0 radical (unpaired) electrons. The van der Waals surface area contributed by atoms with Gasteiger partial charge < -0.3 is 14.7 Å². The highest BCUT2D eigenvalue weighted by Gasteiger charge is 2.31. The number of aliphatic hydroxyl groups excluding tert-OH is 1. The predicted molar refractivity (Wildman–Crippen MR) is 128 cm³/mol. The van der Waals surface area contributed by atoms with Gasteiger partial charge in [0.25, 0.3) is 0 Å². The lowest BCUT2D eigenvalue weighted by Gasteiger charge is -2.38. The molecule has 0 spiro atoms. The van der Waals surface area contributed by atoms with E-state index in [0.717, 1.165) is 16.9 Å². The number of hydrogen-bond acceptors (Lipinski definition) is 4. The first-order valence-corrected chi connectivity index (χ1v) is 10.7. The first-order chi connectivity index (χ1) is 15.2. The fraction of sp³-hybridized carbons (Fsp3) is 0.269. The van der Waals surface area contributed by atoms with Gasteiger partial charge in [0.15, 0.2) is 0 Å². The molecule has 0 saturated carbocycles. The Morgan fingerprint density at radius 1 is 0.781 bits per heavy atom. The van der Waals surface area contributed by atoms with Gasteiger partial charge in [-0.05, 0) is 23.3 Å². The molecule has 0 aliphatic carbocycles. The Balaban J connectivity index is 0.00000289. The van der Waals surface area contributed by atoms with E-state index in [9.17, 15) is 9.90 Å². The minimum Gasteiger partial charge on any atom is -0.489 e. The number of carbonyl (C=O) groups excluding carboxylic acids is 1. The van der Waals surface area contributed by atoms with Crippen molar-refractivity contribution in [2.75, 3.05) is 32.8 Å². The Hall–Kier alpha value is -2.86. The van der Waals surface area contributed by atoms with Crippen molar-refractivity contribution >= 4 is 18.3 Å². The van der Waals surface area contributed by atoms with Gasteiger partial charge in [-0.2, -0.15) is 0 Å². The number of nitrogens with zero attached hydrogens (tertiary/aromatic N) is 2. The number of benzene rings is 3. The Bertz CT molecular complexity index is 909. The van der Waals surface area contributed by atoms with E-state index in [1.807, 2.05) is 101 Å². The molecule has 0 aromatic heterocycles. The average molecular weight is 453 g/mol. The highest BCUT2D eigenvalue weighted by molar-refractivity contribution is 5.87. The second-order valence-electron chi connectivity index (χ2n) is 7.72. The Morgan fingerprint density at radius 3 is 1.75 bits per heavy atom. The molecule has 32 heavy (non-hydrogen) atoms. The molecule has 1 atom stereocenters. The Morgan fingerprint density at radius 2 is 1.25 bits per heavy atom. The molecule has 0 bridgehead atoms. The summed E-state index contributed by atoms with van der Waals surface area (Å²) in [5.74, 6) is 0.524. The van der Waals surface area contributed by atoms with Crippen molar-refractivity contribution in [3.8, 4) is 5.75 Å². The molecule has 1 aliphatic heterocycles. The lowest BCUT2D eigenvalue weighted by molar-refractivity contribution is -0.136. The van der Waals surface area contributed by atoms with E-state index < -0.39 is 6.23 Å². The van der Waals surface area contributed by atoms with Crippen LogP contribution >= 0.6 is 12.4 Å². The first kappa shape index (κ1) is 23.8. The van der Waals surface area contributed by atoms with Crippen LogP contribution in [0.25, 0.3) is 0 Å². The topological polar surface area (TPSA) is 53.0 Å². The predicted octanol–water partition coefficient (Wildman–Crippen LogP) is 3.78. The highest BCUT2D eigenvalue weighted by atomic mass is 35.5. The third-order valence-corrected chi connectivity index (χ3v) is 5.70. The van der Waals surface area contributed by atoms with Crippen LogP contribution in [0.4, 0.5) is 0 Å². The van der Waals surface area contributed by atoms with Crippen LogP contribution in [-0.4, -0.2) is 59.8 Å². The normalized spacial score (nSPS) is 15.1. The number of ether oxygens (including phenoxy) is 1. The van der Waals surface area contributed by atoms with Gasteiger partial charge in [-0.25, -0.2) is 0 Å². The monoisotopic (exact) mass is 452 g/mol. The lowest BCUT2D eigenvalue weighted by atomic mass is 9.90. The van der Waals surface area contributed by atoms with Crippen LogP contribution in [0.3, 0.4) is 0 Å². The number of halogens is 1. The van der Waals surface area contributed by atoms with Gasteiger partial charge in [-0.3, -0.25) is 9.69 Å². The van der Waals surface area contributed by atoms with Crippen molar-refractivity contribution in [2.24, 2.45) is 0 Å². The number of rotatable bonds is 7. The summed E-state index contributed by atoms with van der Waals surface area (Å²) in [7, 11) is 0. The van der Waals surface area contributed by atoms with Crippen molar-refractivity contribution < 1.29 is 14.6 Å². The third kappa shape index (κ3) is 5.88. The van der Waals surface area contributed by atoms with Gasteiger partial charge >= 0.3 is 0 Å². The highest BCUT2D eigenvalue weighted by Crippen LogP contribution is 2.27. The lowest BCUT2D eigenvalue weighted by Crippen LogP contribution is -2.54. The van der Waals surface area contributed by atoms with Gasteiger partial charge in [-0.1, -0.05) is 78.9 Å². The molecular formula is C26H29ClN2O3. The molecule has 3 aromatic rings. The maximum Gasteiger partial charge on any atom is 0.234 e. The summed E-state index contributed by atoms with van der Waals surface area (Å²) in [5.41, 5.74) is 2.00. The smallest absolute Gasteiger partial charge is 0.234 e. The van der Waals surface area contributed by atoms with Gasteiger partial charge in [0, 0.05) is 26.2 Å². The van der Waals surface area contributed by atoms with Crippen molar-refractivity contribution in [2.45, 2.75) is 12.1 Å². The van der Waals surface area contributed by atoms with E-state index in [1.165, 1.54) is 0 Å². The van der Waals surface area contributed by atoms with Crippen LogP contribution in [0.5, 0.6) is 5.75 Å². The van der Waals surface area contributed by atoms with Crippen molar-refractivity contribution in [1.82, 2.24) is 9.80 Å². The maximum absolute atomic E-state index is 13.5. The molecule has 1 heterocycles. The summed E-state index contributed by atoms with van der Waals surface area (Å²) in [5, 5.41) is 10.5. The third-order valence-electron chi connectivity index (χ3n) is 5.70. The SMILES string of the molecule is Cl.O=C(C(c1ccccc1)c1ccccc1)N1CCN(C(O)COc2ccccc2)CC1. The van der Waals surface area contributed by atoms with E-state index in [-0.39, 0.29) is 30.8 Å². The van der Waals surface area contributed by atoms with Gasteiger partial charge in [-0.15, -0.1) is 12.4 Å². The molecule has 1 aliphatic rings. The fourth-order valence-corrected chi connectivity index (χ4v) is 3.98. The zero-order chi connectivity index (χ0) is 21.5. The Kier molecular flexibility index (Phi) is 8.68. The number of para-hydroxylation sites is 1. The number of aliphatic hydroxyl groups is 1. The fourth-order valence-electron chi connectivity index (χ4n) is 3.98. The quantitative estimate of drug-likeness (QED) is 0.592. The molecule has 1 unspecified atom stereocenters. The van der Waals surface area contributed by atoms with E-state index in [1.54, 1.807) is 0 Å². The van der Waals surface area contributed by atoms with Crippen LogP contribution in [0.1, 0.15) is 17.0 Å². The molecule has 3 aromatic carbocycles. The van der Waals surface area contributed by atoms with E-state index >= 15 is 0 Å². The van der Waals surface area contributed by atoms with Crippen LogP contribution in [0.15, 0.2) is 91.0 Å². The summed E-state index contributed by atoms with van der Waals surface area (Å²) < 4.78 is 5.68. The van der Waals surface area contributed by atoms with Crippen molar-refractivity contribution in [3.05, 3.63) is 102 Å². The van der Waals surface area contributed by atoms with Crippen molar-refractivity contribution in [1.29, 1.82) is 0 Å². The zero-order valence-electron chi connectivity index (χ0n) is 17.9. The van der Waals surface area contributed by atoms with Gasteiger partial charge in [0.2, 0.25) is 5.91 Å². The summed E-state index contributed by atoms with van der Waals surface area (Å²) in [6.45, 7) is 2.59. The maximum atomic E-state index is 13.5. The van der Waals surface area contributed by atoms with Crippen LogP contribution in [0, 0.1) is 0 Å². The van der Waals surface area contributed by atoms with Crippen LogP contribution < -0.4 is 4.74 Å². The molecular weight excluding hydrogens is 424 g/mol. The van der Waals surface area contributed by atoms with E-state index in [4.69, 9.17) is 4.74 Å². The molecule has 168 valence electrons. The van der Waals surface area contributed by atoms with Gasteiger partial charge in [0.1, 0.15) is 18.6 Å². The Labute approximate surface area is 195 Å². The number of amides is 1. The standard InChI is InChI=1S/C26H28N2O3.ClH/c29-24(20-31-23-14-8-3-9-15-23)27-16-18-28(19-17-27)26(30)25(21-10-4-1-5-11-21)22-12-6-2-7-13-22;/h1-15,24-25,29H,16-20H2;1H. The number of hydrogen-bond donors (Lipinski definition) is 1. The molecule has 1 saturated heterocycles. The largest absolute Gasteiger partial charge is 0.489 e. The zero-order valence-corrected chi connectivity index (χ0v) is 18.7.